The third kappa shape index (κ3) is 2.94. The van der Waals surface area contributed by atoms with Crippen LogP contribution >= 0.6 is 27.5 Å². The van der Waals surface area contributed by atoms with Gasteiger partial charge in [-0.2, -0.15) is 0 Å². The fourth-order valence-electron chi connectivity index (χ4n) is 2.07. The van der Waals surface area contributed by atoms with Gasteiger partial charge < -0.3 is 9.47 Å². The Morgan fingerprint density at radius 3 is 2.45 bits per heavy atom. The van der Waals surface area contributed by atoms with Gasteiger partial charge in [-0.25, -0.2) is 0 Å². The Balaban J connectivity index is 2.51. The Morgan fingerprint density at radius 1 is 1.05 bits per heavy atom. The lowest BCUT2D eigenvalue weighted by atomic mass is 10.0. The zero-order valence-corrected chi connectivity index (χ0v) is 14.0. The van der Waals surface area contributed by atoms with Gasteiger partial charge in [0.05, 0.1) is 19.0 Å². The Kier molecular flexibility index (Phi) is 4.95. The molecule has 2 aromatic rings. The summed E-state index contributed by atoms with van der Waals surface area (Å²) in [6.45, 7) is 1.99. The highest BCUT2D eigenvalue weighted by Gasteiger charge is 2.19. The number of rotatable bonds is 4. The van der Waals surface area contributed by atoms with Crippen molar-refractivity contribution >= 4 is 27.5 Å². The number of alkyl halides is 1. The van der Waals surface area contributed by atoms with Gasteiger partial charge in [-0.3, -0.25) is 0 Å². The first-order valence-electron chi connectivity index (χ1n) is 6.19. The lowest BCUT2D eigenvalue weighted by Crippen LogP contribution is -1.99. The van der Waals surface area contributed by atoms with E-state index in [1.165, 1.54) is 0 Å². The van der Waals surface area contributed by atoms with Crippen molar-refractivity contribution in [3.63, 3.8) is 0 Å². The van der Waals surface area contributed by atoms with Gasteiger partial charge in [-0.05, 0) is 36.2 Å². The first kappa shape index (κ1) is 15.2. The number of hydrogen-bond acceptors (Lipinski definition) is 2. The first-order chi connectivity index (χ1) is 9.58. The lowest BCUT2D eigenvalue weighted by Gasteiger charge is -2.17. The molecule has 2 rings (SSSR count). The molecule has 0 radical (unpaired) electrons. The third-order valence-electron chi connectivity index (χ3n) is 3.20. The molecule has 0 aliphatic heterocycles. The van der Waals surface area contributed by atoms with Crippen molar-refractivity contribution in [3.8, 4) is 11.5 Å². The van der Waals surface area contributed by atoms with Crippen LogP contribution in [0.25, 0.3) is 0 Å². The molecular weight excluding hydrogens is 340 g/mol. The molecule has 0 aliphatic carbocycles. The average Bonchev–Trinajstić information content (AvgIpc) is 2.48. The SMILES string of the molecule is COc1ccc(OC)c(C(Br)c2cccc(C)c2Cl)c1. The fraction of sp³-hybridized carbons (Fsp3) is 0.250. The zero-order valence-electron chi connectivity index (χ0n) is 11.6. The van der Waals surface area contributed by atoms with Crippen molar-refractivity contribution in [2.45, 2.75) is 11.8 Å². The van der Waals surface area contributed by atoms with E-state index in [1.807, 2.05) is 43.3 Å². The van der Waals surface area contributed by atoms with Crippen LogP contribution < -0.4 is 9.47 Å². The predicted molar refractivity (Wildman–Crippen MR) is 86.5 cm³/mol. The monoisotopic (exact) mass is 354 g/mol. The molecule has 0 bridgehead atoms. The predicted octanol–water partition coefficient (Wildman–Crippen LogP) is 5.15. The quantitative estimate of drug-likeness (QED) is 0.706. The molecule has 0 fully saturated rings. The molecule has 106 valence electrons. The molecule has 1 unspecified atom stereocenters. The van der Waals surface area contributed by atoms with Crippen molar-refractivity contribution in [2.75, 3.05) is 14.2 Å². The molecule has 0 saturated carbocycles. The Hall–Kier alpha value is -1.19. The normalized spacial score (nSPS) is 12.1. The maximum atomic E-state index is 6.41. The molecule has 0 aromatic heterocycles. The summed E-state index contributed by atoms with van der Waals surface area (Å²) < 4.78 is 10.7. The molecular formula is C16H16BrClO2. The van der Waals surface area contributed by atoms with Gasteiger partial charge in [0.25, 0.3) is 0 Å². The number of benzene rings is 2. The molecule has 20 heavy (non-hydrogen) atoms. The summed E-state index contributed by atoms with van der Waals surface area (Å²) >= 11 is 10.1. The minimum atomic E-state index is -0.0556. The molecule has 0 spiro atoms. The van der Waals surface area contributed by atoms with Crippen LogP contribution in [0.15, 0.2) is 36.4 Å². The van der Waals surface area contributed by atoms with Crippen LogP contribution in [-0.4, -0.2) is 14.2 Å². The maximum absolute atomic E-state index is 6.41. The van der Waals surface area contributed by atoms with Crippen LogP contribution in [0.4, 0.5) is 0 Å². The van der Waals surface area contributed by atoms with Crippen molar-refractivity contribution < 1.29 is 9.47 Å². The summed E-state index contributed by atoms with van der Waals surface area (Å²) in [5.41, 5.74) is 3.05. The number of aryl methyl sites for hydroxylation is 1. The number of methoxy groups -OCH3 is 2. The van der Waals surface area contributed by atoms with Gasteiger partial charge in [0.2, 0.25) is 0 Å². The maximum Gasteiger partial charge on any atom is 0.123 e. The second-order valence-corrected chi connectivity index (χ2v) is 5.74. The molecule has 0 heterocycles. The third-order valence-corrected chi connectivity index (χ3v) is 4.71. The summed E-state index contributed by atoms with van der Waals surface area (Å²) in [7, 11) is 3.30. The summed E-state index contributed by atoms with van der Waals surface area (Å²) in [4.78, 5) is -0.0556. The number of ether oxygens (including phenoxy) is 2. The summed E-state index contributed by atoms with van der Waals surface area (Å²) in [5.74, 6) is 1.58. The molecule has 0 N–H and O–H groups in total. The minimum Gasteiger partial charge on any atom is -0.497 e. The van der Waals surface area contributed by atoms with Crippen molar-refractivity contribution in [1.29, 1.82) is 0 Å². The summed E-state index contributed by atoms with van der Waals surface area (Å²) in [6.07, 6.45) is 0. The topological polar surface area (TPSA) is 18.5 Å². The number of halogens is 2. The van der Waals surface area contributed by atoms with E-state index in [-0.39, 0.29) is 4.83 Å². The highest BCUT2D eigenvalue weighted by molar-refractivity contribution is 9.09. The number of hydrogen-bond donors (Lipinski definition) is 0. The van der Waals surface area contributed by atoms with E-state index in [4.69, 9.17) is 21.1 Å². The highest BCUT2D eigenvalue weighted by Crippen LogP contribution is 2.41. The van der Waals surface area contributed by atoms with Crippen LogP contribution in [0.5, 0.6) is 11.5 Å². The molecule has 1 atom stereocenters. The Morgan fingerprint density at radius 2 is 1.80 bits per heavy atom. The summed E-state index contributed by atoms with van der Waals surface area (Å²) in [6, 6.07) is 11.7. The minimum absolute atomic E-state index is 0.0556. The van der Waals surface area contributed by atoms with E-state index in [1.54, 1.807) is 14.2 Å². The van der Waals surface area contributed by atoms with Gasteiger partial charge in [-0.1, -0.05) is 45.7 Å². The van der Waals surface area contributed by atoms with Gasteiger partial charge in [-0.15, -0.1) is 0 Å². The van der Waals surface area contributed by atoms with Gasteiger partial charge in [0.15, 0.2) is 0 Å². The Labute approximate surface area is 132 Å². The molecule has 0 saturated heterocycles. The lowest BCUT2D eigenvalue weighted by molar-refractivity contribution is 0.399. The van der Waals surface area contributed by atoms with Gasteiger partial charge in [0.1, 0.15) is 11.5 Å². The van der Waals surface area contributed by atoms with Gasteiger partial charge in [0, 0.05) is 10.6 Å². The van der Waals surface area contributed by atoms with Gasteiger partial charge >= 0.3 is 0 Å². The zero-order chi connectivity index (χ0) is 14.7. The Bertz CT molecular complexity index is 613. The van der Waals surface area contributed by atoms with Crippen LogP contribution in [0, 0.1) is 6.92 Å². The van der Waals surface area contributed by atoms with Crippen molar-refractivity contribution in [1.82, 2.24) is 0 Å². The van der Waals surface area contributed by atoms with E-state index >= 15 is 0 Å². The molecule has 0 aliphatic rings. The summed E-state index contributed by atoms with van der Waals surface area (Å²) in [5, 5.41) is 0.763. The smallest absolute Gasteiger partial charge is 0.123 e. The van der Waals surface area contributed by atoms with E-state index in [9.17, 15) is 0 Å². The van der Waals surface area contributed by atoms with E-state index in [2.05, 4.69) is 15.9 Å². The van der Waals surface area contributed by atoms with Crippen molar-refractivity contribution in [3.05, 3.63) is 58.1 Å². The second kappa shape index (κ2) is 6.51. The average molecular weight is 356 g/mol. The fourth-order valence-corrected chi connectivity index (χ4v) is 3.18. The van der Waals surface area contributed by atoms with Crippen LogP contribution in [0.3, 0.4) is 0 Å². The first-order valence-corrected chi connectivity index (χ1v) is 7.48. The molecule has 0 amide bonds. The van der Waals surface area contributed by atoms with Crippen molar-refractivity contribution in [2.24, 2.45) is 0 Å². The van der Waals surface area contributed by atoms with E-state index < -0.39 is 0 Å². The molecule has 4 heteroatoms. The second-order valence-electron chi connectivity index (χ2n) is 4.45. The largest absolute Gasteiger partial charge is 0.497 e. The standard InChI is InChI=1S/C16H16BrClO2/c1-10-5-4-6-12(16(10)18)15(17)13-9-11(19-2)7-8-14(13)20-3/h4-9,15H,1-3H3. The molecule has 2 aromatic carbocycles. The van der Waals surface area contributed by atoms with E-state index in [0.29, 0.717) is 0 Å². The van der Waals surface area contributed by atoms with E-state index in [0.717, 1.165) is 33.2 Å². The molecule has 2 nitrogen and oxygen atoms in total. The van der Waals surface area contributed by atoms with Crippen LogP contribution in [-0.2, 0) is 0 Å². The van der Waals surface area contributed by atoms with Crippen LogP contribution in [0.1, 0.15) is 21.5 Å². The highest BCUT2D eigenvalue weighted by atomic mass is 79.9. The van der Waals surface area contributed by atoms with Crippen LogP contribution in [0.2, 0.25) is 5.02 Å².